The number of aliphatic imine (C=N–C) groups is 1. The van der Waals surface area contributed by atoms with Crippen molar-refractivity contribution in [2.45, 2.75) is 31.7 Å². The Bertz CT molecular complexity index is 506. The Labute approximate surface area is 121 Å². The van der Waals surface area contributed by atoms with Crippen molar-refractivity contribution in [2.24, 2.45) is 10.9 Å². The molecular formula is C14H16ClFN2S. The molecule has 5 heteroatoms. The zero-order chi connectivity index (χ0) is 13.2. The molecule has 0 spiro atoms. The first-order valence-electron chi connectivity index (χ1n) is 6.65. The number of hydrogen-bond donors (Lipinski definition) is 1. The lowest BCUT2D eigenvalue weighted by molar-refractivity contribution is 0.336. The highest BCUT2D eigenvalue weighted by molar-refractivity contribution is 8.14. The van der Waals surface area contributed by atoms with Gasteiger partial charge in [-0.05, 0) is 37.0 Å². The fourth-order valence-electron chi connectivity index (χ4n) is 2.69. The third-order valence-electron chi connectivity index (χ3n) is 3.76. The van der Waals surface area contributed by atoms with Crippen LogP contribution in [0.3, 0.4) is 0 Å². The van der Waals surface area contributed by atoms with Gasteiger partial charge < -0.3 is 5.32 Å². The number of benzene rings is 1. The van der Waals surface area contributed by atoms with Crippen LogP contribution in [0.4, 0.5) is 10.1 Å². The van der Waals surface area contributed by atoms with E-state index in [0.717, 1.165) is 22.5 Å². The van der Waals surface area contributed by atoms with Crippen LogP contribution in [0.2, 0.25) is 5.02 Å². The van der Waals surface area contributed by atoms with E-state index in [1.54, 1.807) is 23.9 Å². The van der Waals surface area contributed by atoms with E-state index in [9.17, 15) is 4.39 Å². The molecule has 0 aromatic heterocycles. The van der Waals surface area contributed by atoms with Crippen LogP contribution in [0.5, 0.6) is 0 Å². The van der Waals surface area contributed by atoms with Gasteiger partial charge in [0, 0.05) is 11.4 Å². The molecule has 1 N–H and O–H groups in total. The van der Waals surface area contributed by atoms with Gasteiger partial charge >= 0.3 is 0 Å². The van der Waals surface area contributed by atoms with E-state index >= 15 is 0 Å². The second kappa shape index (κ2) is 5.71. The number of nitrogens with one attached hydrogen (secondary N) is 1. The standard InChI is InChI=1S/C14H16ClFN2S/c15-11-7-10(5-6-12(11)16)17-14-18-13-4-2-1-3-9(13)8-19-14/h5-7,9,13H,1-4,8H2,(H,17,18). The molecule has 1 fully saturated rings. The van der Waals surface area contributed by atoms with E-state index in [4.69, 9.17) is 16.6 Å². The van der Waals surface area contributed by atoms with Gasteiger partial charge in [-0.1, -0.05) is 36.2 Å². The Kier molecular flexibility index (Phi) is 3.99. The molecule has 1 aliphatic carbocycles. The van der Waals surface area contributed by atoms with E-state index in [2.05, 4.69) is 5.32 Å². The van der Waals surface area contributed by atoms with Crippen LogP contribution in [0.15, 0.2) is 23.2 Å². The first kappa shape index (κ1) is 13.3. The van der Waals surface area contributed by atoms with Gasteiger partial charge in [0.25, 0.3) is 0 Å². The van der Waals surface area contributed by atoms with Crippen LogP contribution in [0, 0.1) is 11.7 Å². The molecule has 3 rings (SSSR count). The minimum Gasteiger partial charge on any atom is -0.335 e. The van der Waals surface area contributed by atoms with Crippen LogP contribution < -0.4 is 5.32 Å². The minimum atomic E-state index is -0.391. The summed E-state index contributed by atoms with van der Waals surface area (Å²) < 4.78 is 13.1. The van der Waals surface area contributed by atoms with E-state index in [1.807, 2.05) is 0 Å². The summed E-state index contributed by atoms with van der Waals surface area (Å²) in [5, 5.41) is 4.32. The smallest absolute Gasteiger partial charge is 0.161 e. The molecule has 0 bridgehead atoms. The maximum atomic E-state index is 13.1. The quantitative estimate of drug-likeness (QED) is 0.822. The highest BCUT2D eigenvalue weighted by atomic mass is 35.5. The molecule has 1 saturated carbocycles. The van der Waals surface area contributed by atoms with Gasteiger partial charge in [-0.25, -0.2) is 4.39 Å². The van der Waals surface area contributed by atoms with Crippen molar-refractivity contribution in [1.82, 2.24) is 0 Å². The summed E-state index contributed by atoms with van der Waals surface area (Å²) >= 11 is 7.54. The summed E-state index contributed by atoms with van der Waals surface area (Å²) in [6.07, 6.45) is 5.12. The van der Waals surface area contributed by atoms with Gasteiger partial charge in [-0.3, -0.25) is 4.99 Å². The molecule has 0 radical (unpaired) electrons. The van der Waals surface area contributed by atoms with Gasteiger partial charge in [-0.15, -0.1) is 0 Å². The average molecular weight is 299 g/mol. The molecule has 1 aliphatic heterocycles. The van der Waals surface area contributed by atoms with E-state index < -0.39 is 5.82 Å². The zero-order valence-corrected chi connectivity index (χ0v) is 12.1. The fourth-order valence-corrected chi connectivity index (χ4v) is 4.03. The Balaban J connectivity index is 1.72. The third-order valence-corrected chi connectivity index (χ3v) is 5.12. The molecule has 2 nitrogen and oxygen atoms in total. The van der Waals surface area contributed by atoms with Crippen LogP contribution in [-0.4, -0.2) is 17.0 Å². The predicted molar refractivity (Wildman–Crippen MR) is 80.7 cm³/mol. The van der Waals surface area contributed by atoms with Gasteiger partial charge in [0.2, 0.25) is 0 Å². The summed E-state index contributed by atoms with van der Waals surface area (Å²) in [5.74, 6) is 1.48. The van der Waals surface area contributed by atoms with Crippen LogP contribution >= 0.6 is 23.4 Å². The lowest BCUT2D eigenvalue weighted by Crippen LogP contribution is -2.31. The molecule has 1 aromatic carbocycles. The number of hydrogen-bond acceptors (Lipinski definition) is 3. The molecule has 102 valence electrons. The fraction of sp³-hybridized carbons (Fsp3) is 0.500. The molecule has 0 amide bonds. The number of thioether (sulfide) groups is 1. The normalized spacial score (nSPS) is 26.5. The van der Waals surface area contributed by atoms with Gasteiger partial charge in [-0.2, -0.15) is 0 Å². The van der Waals surface area contributed by atoms with Crippen molar-refractivity contribution in [3.05, 3.63) is 29.0 Å². The lowest BCUT2D eigenvalue weighted by atomic mass is 9.86. The summed E-state index contributed by atoms with van der Waals surface area (Å²) in [5.41, 5.74) is 0.798. The highest BCUT2D eigenvalue weighted by Gasteiger charge is 2.29. The van der Waals surface area contributed by atoms with Crippen molar-refractivity contribution in [3.63, 3.8) is 0 Å². The van der Waals surface area contributed by atoms with Crippen molar-refractivity contribution < 1.29 is 4.39 Å². The monoisotopic (exact) mass is 298 g/mol. The minimum absolute atomic E-state index is 0.141. The second-order valence-corrected chi connectivity index (χ2v) is 6.53. The van der Waals surface area contributed by atoms with Crippen molar-refractivity contribution in [2.75, 3.05) is 11.1 Å². The van der Waals surface area contributed by atoms with Gasteiger partial charge in [0.1, 0.15) is 5.82 Å². The zero-order valence-electron chi connectivity index (χ0n) is 10.5. The summed E-state index contributed by atoms with van der Waals surface area (Å²) in [4.78, 5) is 4.78. The Morgan fingerprint density at radius 3 is 3.00 bits per heavy atom. The van der Waals surface area contributed by atoms with Gasteiger partial charge in [0.05, 0.1) is 11.1 Å². The molecule has 2 atom stereocenters. The van der Waals surface area contributed by atoms with E-state index in [1.165, 1.54) is 31.7 Å². The van der Waals surface area contributed by atoms with Crippen LogP contribution in [0.25, 0.3) is 0 Å². The number of anilines is 1. The Hall–Kier alpha value is -0.740. The number of halogens is 2. The number of nitrogens with zero attached hydrogens (tertiary/aromatic N) is 1. The SMILES string of the molecule is Fc1ccc(NC2=NC3CCCCC3CS2)cc1Cl. The number of amidine groups is 1. The maximum Gasteiger partial charge on any atom is 0.161 e. The second-order valence-electron chi connectivity index (χ2n) is 5.11. The molecule has 1 heterocycles. The lowest BCUT2D eigenvalue weighted by Gasteiger charge is -2.32. The van der Waals surface area contributed by atoms with Crippen molar-refractivity contribution in [1.29, 1.82) is 0 Å². The van der Waals surface area contributed by atoms with E-state index in [-0.39, 0.29) is 5.02 Å². The Morgan fingerprint density at radius 2 is 2.16 bits per heavy atom. The van der Waals surface area contributed by atoms with Gasteiger partial charge in [0.15, 0.2) is 5.17 Å². The van der Waals surface area contributed by atoms with Crippen molar-refractivity contribution >= 4 is 34.2 Å². The Morgan fingerprint density at radius 1 is 1.32 bits per heavy atom. The van der Waals surface area contributed by atoms with Crippen LogP contribution in [-0.2, 0) is 0 Å². The molecule has 19 heavy (non-hydrogen) atoms. The first-order valence-corrected chi connectivity index (χ1v) is 8.01. The average Bonchev–Trinajstić information content (AvgIpc) is 2.43. The summed E-state index contributed by atoms with van der Waals surface area (Å²) in [7, 11) is 0. The maximum absolute atomic E-state index is 13.1. The predicted octanol–water partition coefficient (Wildman–Crippen LogP) is 4.55. The molecule has 1 aromatic rings. The topological polar surface area (TPSA) is 24.4 Å². The van der Waals surface area contributed by atoms with Crippen molar-refractivity contribution in [3.8, 4) is 0 Å². The largest absolute Gasteiger partial charge is 0.335 e. The molecular weight excluding hydrogens is 283 g/mol. The van der Waals surface area contributed by atoms with Crippen LogP contribution in [0.1, 0.15) is 25.7 Å². The summed E-state index contributed by atoms with van der Waals surface area (Å²) in [6, 6.07) is 5.14. The third kappa shape index (κ3) is 3.06. The summed E-state index contributed by atoms with van der Waals surface area (Å²) in [6.45, 7) is 0. The number of rotatable bonds is 1. The molecule has 2 unspecified atom stereocenters. The van der Waals surface area contributed by atoms with E-state index in [0.29, 0.717) is 6.04 Å². The highest BCUT2D eigenvalue weighted by Crippen LogP contribution is 2.34. The number of fused-ring (bicyclic) bond motifs is 1. The first-order chi connectivity index (χ1) is 9.22. The molecule has 2 aliphatic rings. The molecule has 0 saturated heterocycles.